The fourth-order valence-electron chi connectivity index (χ4n) is 3.91. The molecule has 0 aliphatic carbocycles. The van der Waals surface area contributed by atoms with Crippen molar-refractivity contribution in [2.75, 3.05) is 19.6 Å². The van der Waals surface area contributed by atoms with Crippen molar-refractivity contribution >= 4 is 0 Å². The smallest absolute Gasteiger partial charge is 0.000954 e. The predicted octanol–water partition coefficient (Wildman–Crippen LogP) is 8.23. The van der Waals surface area contributed by atoms with Crippen LogP contribution < -0.4 is 0 Å². The minimum atomic E-state index is 0.953. The van der Waals surface area contributed by atoms with E-state index in [1.807, 2.05) is 0 Å². The van der Waals surface area contributed by atoms with Crippen molar-refractivity contribution in [1.29, 1.82) is 0 Å². The van der Waals surface area contributed by atoms with Crippen LogP contribution in [0.5, 0.6) is 0 Å². The predicted molar refractivity (Wildman–Crippen MR) is 116 cm³/mol. The third-order valence-corrected chi connectivity index (χ3v) is 5.72. The first-order chi connectivity index (χ1) is 12.3. The Bertz CT molecular complexity index is 238. The van der Waals surface area contributed by atoms with Crippen molar-refractivity contribution in [2.24, 2.45) is 5.92 Å². The lowest BCUT2D eigenvalue weighted by Gasteiger charge is -2.27. The number of hydrogen-bond acceptors (Lipinski definition) is 1. The third-order valence-electron chi connectivity index (χ3n) is 5.72. The Morgan fingerprint density at radius 2 is 0.960 bits per heavy atom. The maximum atomic E-state index is 2.75. The minimum absolute atomic E-state index is 0.953. The molecule has 1 atom stereocenters. The third kappa shape index (κ3) is 17.1. The summed E-state index contributed by atoms with van der Waals surface area (Å²) >= 11 is 0. The van der Waals surface area contributed by atoms with Gasteiger partial charge in [0.1, 0.15) is 0 Å². The largest absolute Gasteiger partial charge is 0.303 e. The van der Waals surface area contributed by atoms with Gasteiger partial charge < -0.3 is 4.90 Å². The average molecular weight is 354 g/mol. The lowest BCUT2D eigenvalue weighted by molar-refractivity contribution is 0.217. The van der Waals surface area contributed by atoms with E-state index in [1.54, 1.807) is 0 Å². The molecule has 0 heterocycles. The molecule has 1 nitrogen and oxygen atoms in total. The Morgan fingerprint density at radius 3 is 1.48 bits per heavy atom. The Kier molecular flexibility index (Phi) is 20.2. The van der Waals surface area contributed by atoms with E-state index in [4.69, 9.17) is 0 Å². The SMILES string of the molecule is CCCCCCCCC(CCCCCC)CN(CC)CCCCCC. The van der Waals surface area contributed by atoms with Crippen LogP contribution in [0.4, 0.5) is 0 Å². The van der Waals surface area contributed by atoms with Crippen LogP contribution in [0.2, 0.25) is 0 Å². The average Bonchev–Trinajstić information content (AvgIpc) is 2.63. The Morgan fingerprint density at radius 1 is 0.520 bits per heavy atom. The van der Waals surface area contributed by atoms with Crippen LogP contribution in [0, 0.1) is 5.92 Å². The number of hydrogen-bond donors (Lipinski definition) is 0. The van der Waals surface area contributed by atoms with Gasteiger partial charge in [0.05, 0.1) is 0 Å². The second-order valence-corrected chi connectivity index (χ2v) is 8.23. The highest BCUT2D eigenvalue weighted by molar-refractivity contribution is 4.67. The molecule has 0 aliphatic rings. The van der Waals surface area contributed by atoms with Crippen LogP contribution in [-0.4, -0.2) is 24.5 Å². The zero-order valence-electron chi connectivity index (χ0n) is 18.5. The van der Waals surface area contributed by atoms with E-state index in [9.17, 15) is 0 Å². The second kappa shape index (κ2) is 20.3. The molecule has 0 saturated heterocycles. The fourth-order valence-corrected chi connectivity index (χ4v) is 3.91. The van der Waals surface area contributed by atoms with Crippen LogP contribution in [0.15, 0.2) is 0 Å². The van der Waals surface area contributed by atoms with Gasteiger partial charge in [-0.05, 0) is 38.3 Å². The standard InChI is InChI=1S/C24H51N/c1-5-9-12-15-16-18-21-24(20-17-13-10-6-2)23-25(8-4)22-19-14-11-7-3/h24H,5-23H2,1-4H3. The molecular weight excluding hydrogens is 302 g/mol. The van der Waals surface area contributed by atoms with Gasteiger partial charge in [-0.2, -0.15) is 0 Å². The first kappa shape index (κ1) is 25.0. The molecule has 0 radical (unpaired) electrons. The van der Waals surface area contributed by atoms with Crippen molar-refractivity contribution < 1.29 is 0 Å². The summed E-state index contributed by atoms with van der Waals surface area (Å²) in [6.07, 6.45) is 22.9. The Labute approximate surface area is 161 Å². The minimum Gasteiger partial charge on any atom is -0.303 e. The molecule has 0 amide bonds. The van der Waals surface area contributed by atoms with Gasteiger partial charge in [0.15, 0.2) is 0 Å². The first-order valence-corrected chi connectivity index (χ1v) is 12.0. The van der Waals surface area contributed by atoms with E-state index in [0.29, 0.717) is 0 Å². The van der Waals surface area contributed by atoms with Crippen LogP contribution in [0.25, 0.3) is 0 Å². The highest BCUT2D eigenvalue weighted by atomic mass is 15.1. The molecule has 1 heteroatoms. The van der Waals surface area contributed by atoms with Crippen molar-refractivity contribution in [3.63, 3.8) is 0 Å². The van der Waals surface area contributed by atoms with E-state index >= 15 is 0 Å². The summed E-state index contributed by atoms with van der Waals surface area (Å²) in [5.74, 6) is 0.953. The van der Waals surface area contributed by atoms with Crippen LogP contribution >= 0.6 is 0 Å². The van der Waals surface area contributed by atoms with Gasteiger partial charge in [-0.3, -0.25) is 0 Å². The van der Waals surface area contributed by atoms with Crippen LogP contribution in [-0.2, 0) is 0 Å². The quantitative estimate of drug-likeness (QED) is 0.199. The highest BCUT2D eigenvalue weighted by Crippen LogP contribution is 2.20. The van der Waals surface area contributed by atoms with Crippen molar-refractivity contribution in [2.45, 2.75) is 130 Å². The second-order valence-electron chi connectivity index (χ2n) is 8.23. The monoisotopic (exact) mass is 353 g/mol. The summed E-state index contributed by atoms with van der Waals surface area (Å²) < 4.78 is 0. The molecule has 0 N–H and O–H groups in total. The molecule has 0 fully saturated rings. The van der Waals surface area contributed by atoms with Gasteiger partial charge in [-0.1, -0.05) is 111 Å². The molecule has 0 aromatic heterocycles. The van der Waals surface area contributed by atoms with Crippen molar-refractivity contribution in [1.82, 2.24) is 4.90 Å². The van der Waals surface area contributed by atoms with E-state index in [-0.39, 0.29) is 0 Å². The lowest BCUT2D eigenvalue weighted by atomic mass is 9.93. The number of unbranched alkanes of at least 4 members (excludes halogenated alkanes) is 11. The summed E-state index contributed by atoms with van der Waals surface area (Å²) in [6.45, 7) is 13.2. The first-order valence-electron chi connectivity index (χ1n) is 12.0. The molecule has 0 saturated carbocycles. The fraction of sp³-hybridized carbons (Fsp3) is 1.00. The highest BCUT2D eigenvalue weighted by Gasteiger charge is 2.13. The van der Waals surface area contributed by atoms with E-state index in [1.165, 1.54) is 122 Å². The molecule has 152 valence electrons. The Hall–Kier alpha value is -0.0400. The maximum Gasteiger partial charge on any atom is 0.000954 e. The molecule has 0 aromatic carbocycles. The van der Waals surface area contributed by atoms with E-state index in [2.05, 4.69) is 32.6 Å². The molecule has 0 spiro atoms. The van der Waals surface area contributed by atoms with Crippen molar-refractivity contribution in [3.8, 4) is 0 Å². The summed E-state index contributed by atoms with van der Waals surface area (Å²) in [5.41, 5.74) is 0. The van der Waals surface area contributed by atoms with Crippen LogP contribution in [0.3, 0.4) is 0 Å². The normalized spacial score (nSPS) is 12.8. The molecular formula is C24H51N. The maximum absolute atomic E-state index is 2.75. The van der Waals surface area contributed by atoms with Gasteiger partial charge >= 0.3 is 0 Å². The van der Waals surface area contributed by atoms with Gasteiger partial charge in [0.2, 0.25) is 0 Å². The molecule has 25 heavy (non-hydrogen) atoms. The summed E-state index contributed by atoms with van der Waals surface area (Å²) in [6, 6.07) is 0. The van der Waals surface area contributed by atoms with Gasteiger partial charge in [0, 0.05) is 6.54 Å². The summed E-state index contributed by atoms with van der Waals surface area (Å²) in [4.78, 5) is 2.75. The zero-order valence-corrected chi connectivity index (χ0v) is 18.5. The van der Waals surface area contributed by atoms with Gasteiger partial charge in [-0.25, -0.2) is 0 Å². The Balaban J connectivity index is 4.10. The molecule has 0 aliphatic heterocycles. The van der Waals surface area contributed by atoms with Gasteiger partial charge in [0.25, 0.3) is 0 Å². The lowest BCUT2D eigenvalue weighted by Crippen LogP contribution is -2.30. The van der Waals surface area contributed by atoms with Gasteiger partial charge in [-0.15, -0.1) is 0 Å². The molecule has 0 rings (SSSR count). The van der Waals surface area contributed by atoms with E-state index < -0.39 is 0 Å². The zero-order chi connectivity index (χ0) is 18.6. The van der Waals surface area contributed by atoms with Crippen LogP contribution in [0.1, 0.15) is 130 Å². The van der Waals surface area contributed by atoms with Crippen molar-refractivity contribution in [3.05, 3.63) is 0 Å². The molecule has 1 unspecified atom stereocenters. The molecule has 0 aromatic rings. The van der Waals surface area contributed by atoms with E-state index in [0.717, 1.165) is 5.92 Å². The number of rotatable bonds is 20. The number of nitrogens with zero attached hydrogens (tertiary/aromatic N) is 1. The topological polar surface area (TPSA) is 3.24 Å². The summed E-state index contributed by atoms with van der Waals surface area (Å²) in [7, 11) is 0. The summed E-state index contributed by atoms with van der Waals surface area (Å²) in [5, 5.41) is 0. The molecule has 0 bridgehead atoms.